The van der Waals surface area contributed by atoms with E-state index in [4.69, 9.17) is 10.8 Å². The molecule has 0 aliphatic rings. The summed E-state index contributed by atoms with van der Waals surface area (Å²) in [6, 6.07) is -0.739. The van der Waals surface area contributed by atoms with Crippen LogP contribution in [0, 0.1) is 5.92 Å². The maximum atomic E-state index is 10.5. The zero-order valence-electron chi connectivity index (χ0n) is 7.95. The predicted octanol–water partition coefficient (Wildman–Crippen LogP) is -0.0139. The highest BCUT2D eigenvalue weighted by molar-refractivity contribution is 5.73. The predicted molar refractivity (Wildman–Crippen MR) is 47.9 cm³/mol. The van der Waals surface area contributed by atoms with Gasteiger partial charge in [-0.05, 0) is 20.0 Å². The summed E-state index contributed by atoms with van der Waals surface area (Å²) in [6.07, 6.45) is 0.797. The van der Waals surface area contributed by atoms with Crippen molar-refractivity contribution in [2.24, 2.45) is 11.7 Å². The van der Waals surface area contributed by atoms with Crippen LogP contribution in [0.3, 0.4) is 0 Å². The van der Waals surface area contributed by atoms with Crippen molar-refractivity contribution in [3.63, 3.8) is 0 Å². The smallest absolute Gasteiger partial charge is 0.320 e. The van der Waals surface area contributed by atoms with Gasteiger partial charge in [0.2, 0.25) is 0 Å². The summed E-state index contributed by atoms with van der Waals surface area (Å²) in [5.74, 6) is -0.874. The SMILES string of the molecule is CCC(CN(C)C)C(N)C(=O)O. The Morgan fingerprint density at radius 1 is 1.58 bits per heavy atom. The third kappa shape index (κ3) is 3.69. The van der Waals surface area contributed by atoms with E-state index in [2.05, 4.69) is 0 Å². The molecule has 0 rings (SSSR count). The number of nitrogens with zero attached hydrogens (tertiary/aromatic N) is 1. The summed E-state index contributed by atoms with van der Waals surface area (Å²) in [4.78, 5) is 12.5. The molecule has 4 heteroatoms. The minimum Gasteiger partial charge on any atom is -0.480 e. The second kappa shape index (κ2) is 5.11. The summed E-state index contributed by atoms with van der Waals surface area (Å²) in [6.45, 7) is 2.68. The first-order chi connectivity index (χ1) is 5.49. The van der Waals surface area contributed by atoms with Gasteiger partial charge in [-0.1, -0.05) is 13.3 Å². The first kappa shape index (κ1) is 11.4. The van der Waals surface area contributed by atoms with Crippen molar-refractivity contribution >= 4 is 5.97 Å². The first-order valence-corrected chi connectivity index (χ1v) is 4.12. The standard InChI is InChI=1S/C8H18N2O2/c1-4-6(5-10(2)3)7(9)8(11)12/h6-7H,4-5,9H2,1-3H3,(H,11,12). The van der Waals surface area contributed by atoms with Gasteiger partial charge >= 0.3 is 5.97 Å². The first-order valence-electron chi connectivity index (χ1n) is 4.12. The average Bonchev–Trinajstić information content (AvgIpc) is 1.98. The molecule has 12 heavy (non-hydrogen) atoms. The van der Waals surface area contributed by atoms with E-state index < -0.39 is 12.0 Å². The summed E-state index contributed by atoms with van der Waals surface area (Å²) >= 11 is 0. The molecule has 0 fully saturated rings. The fourth-order valence-electron chi connectivity index (χ4n) is 1.17. The molecule has 0 saturated heterocycles. The van der Waals surface area contributed by atoms with Crippen molar-refractivity contribution < 1.29 is 9.90 Å². The molecule has 0 amide bonds. The van der Waals surface area contributed by atoms with E-state index in [0.29, 0.717) is 0 Å². The number of carboxylic acids is 1. The van der Waals surface area contributed by atoms with E-state index in [1.165, 1.54) is 0 Å². The van der Waals surface area contributed by atoms with Crippen LogP contribution in [0.5, 0.6) is 0 Å². The molecule has 0 aliphatic heterocycles. The van der Waals surface area contributed by atoms with Gasteiger partial charge in [0.05, 0.1) is 0 Å². The zero-order valence-corrected chi connectivity index (χ0v) is 7.95. The monoisotopic (exact) mass is 174 g/mol. The summed E-state index contributed by atoms with van der Waals surface area (Å²) in [7, 11) is 3.83. The molecule has 0 aromatic heterocycles. The zero-order chi connectivity index (χ0) is 9.72. The molecule has 0 heterocycles. The third-order valence-electron chi connectivity index (χ3n) is 1.92. The minimum atomic E-state index is -0.913. The quantitative estimate of drug-likeness (QED) is 0.615. The van der Waals surface area contributed by atoms with Crippen LogP contribution in [0.4, 0.5) is 0 Å². The number of carbonyl (C=O) groups is 1. The highest BCUT2D eigenvalue weighted by Gasteiger charge is 2.22. The van der Waals surface area contributed by atoms with Gasteiger partial charge in [0, 0.05) is 6.54 Å². The Hall–Kier alpha value is -0.610. The topological polar surface area (TPSA) is 66.6 Å². The fourth-order valence-corrected chi connectivity index (χ4v) is 1.17. The van der Waals surface area contributed by atoms with E-state index in [0.717, 1.165) is 13.0 Å². The lowest BCUT2D eigenvalue weighted by Crippen LogP contribution is -2.42. The number of hydrogen-bond donors (Lipinski definition) is 2. The Morgan fingerprint density at radius 2 is 2.08 bits per heavy atom. The van der Waals surface area contributed by atoms with Crippen LogP contribution in [-0.4, -0.2) is 42.7 Å². The van der Waals surface area contributed by atoms with E-state index >= 15 is 0 Å². The Morgan fingerprint density at radius 3 is 2.33 bits per heavy atom. The largest absolute Gasteiger partial charge is 0.480 e. The van der Waals surface area contributed by atoms with Crippen LogP contribution in [0.15, 0.2) is 0 Å². The summed E-state index contributed by atoms with van der Waals surface area (Å²) in [5, 5.41) is 8.65. The molecule has 0 spiro atoms. The second-order valence-corrected chi connectivity index (χ2v) is 3.29. The number of rotatable bonds is 5. The van der Waals surface area contributed by atoms with Gasteiger partial charge in [0.15, 0.2) is 0 Å². The molecule has 0 bridgehead atoms. The Bertz CT molecular complexity index is 148. The van der Waals surface area contributed by atoms with Crippen molar-refractivity contribution in [2.45, 2.75) is 19.4 Å². The van der Waals surface area contributed by atoms with Gasteiger partial charge in [-0.15, -0.1) is 0 Å². The van der Waals surface area contributed by atoms with Crippen LogP contribution >= 0.6 is 0 Å². The molecule has 2 atom stereocenters. The van der Waals surface area contributed by atoms with E-state index in [1.807, 2.05) is 25.9 Å². The summed E-state index contributed by atoms with van der Waals surface area (Å²) < 4.78 is 0. The van der Waals surface area contributed by atoms with Crippen LogP contribution in [0.25, 0.3) is 0 Å². The van der Waals surface area contributed by atoms with Crippen molar-refractivity contribution in [1.29, 1.82) is 0 Å². The van der Waals surface area contributed by atoms with Crippen molar-refractivity contribution in [2.75, 3.05) is 20.6 Å². The third-order valence-corrected chi connectivity index (χ3v) is 1.92. The molecule has 0 aromatic carbocycles. The van der Waals surface area contributed by atoms with Crippen LogP contribution in [0.1, 0.15) is 13.3 Å². The molecular formula is C8H18N2O2. The lowest BCUT2D eigenvalue weighted by molar-refractivity contribution is -0.140. The van der Waals surface area contributed by atoms with E-state index in [9.17, 15) is 4.79 Å². The lowest BCUT2D eigenvalue weighted by atomic mass is 9.97. The molecular weight excluding hydrogens is 156 g/mol. The average molecular weight is 174 g/mol. The van der Waals surface area contributed by atoms with E-state index in [-0.39, 0.29) is 5.92 Å². The minimum absolute atomic E-state index is 0.0394. The maximum Gasteiger partial charge on any atom is 0.320 e. The molecule has 0 aromatic rings. The second-order valence-electron chi connectivity index (χ2n) is 3.29. The summed E-state index contributed by atoms with van der Waals surface area (Å²) in [5.41, 5.74) is 5.49. The van der Waals surface area contributed by atoms with Crippen molar-refractivity contribution in [3.05, 3.63) is 0 Å². The van der Waals surface area contributed by atoms with Crippen molar-refractivity contribution in [3.8, 4) is 0 Å². The molecule has 3 N–H and O–H groups in total. The highest BCUT2D eigenvalue weighted by atomic mass is 16.4. The number of nitrogens with two attached hydrogens (primary N) is 1. The normalized spacial score (nSPS) is 16.1. The van der Waals surface area contributed by atoms with Gasteiger partial charge in [0.1, 0.15) is 6.04 Å². The molecule has 0 saturated carbocycles. The van der Waals surface area contributed by atoms with E-state index in [1.54, 1.807) is 0 Å². The van der Waals surface area contributed by atoms with Gasteiger partial charge < -0.3 is 15.7 Å². The van der Waals surface area contributed by atoms with Crippen LogP contribution < -0.4 is 5.73 Å². The molecule has 72 valence electrons. The van der Waals surface area contributed by atoms with Gasteiger partial charge in [-0.3, -0.25) is 4.79 Å². The van der Waals surface area contributed by atoms with Crippen LogP contribution in [-0.2, 0) is 4.79 Å². The van der Waals surface area contributed by atoms with Crippen molar-refractivity contribution in [1.82, 2.24) is 4.90 Å². The Balaban J connectivity index is 4.05. The Labute approximate surface area is 73.3 Å². The highest BCUT2D eigenvalue weighted by Crippen LogP contribution is 2.07. The molecule has 0 radical (unpaired) electrons. The van der Waals surface area contributed by atoms with Gasteiger partial charge in [0.25, 0.3) is 0 Å². The maximum absolute atomic E-state index is 10.5. The van der Waals surface area contributed by atoms with Crippen LogP contribution in [0.2, 0.25) is 0 Å². The van der Waals surface area contributed by atoms with Gasteiger partial charge in [-0.25, -0.2) is 0 Å². The number of carboxylic acid groups (broad SMARTS) is 1. The Kier molecular flexibility index (Phi) is 4.85. The molecule has 0 aliphatic carbocycles. The van der Waals surface area contributed by atoms with Gasteiger partial charge in [-0.2, -0.15) is 0 Å². The fraction of sp³-hybridized carbons (Fsp3) is 0.875. The number of aliphatic carboxylic acids is 1. The lowest BCUT2D eigenvalue weighted by Gasteiger charge is -2.22. The number of hydrogen-bond acceptors (Lipinski definition) is 3. The molecule has 2 unspecified atom stereocenters. The molecule has 4 nitrogen and oxygen atoms in total.